The highest BCUT2D eigenvalue weighted by atomic mass is 19.1. The number of fused-ring (bicyclic) bond motifs is 3. The van der Waals surface area contributed by atoms with Gasteiger partial charge >= 0.3 is 12.1 Å². The molecule has 0 bridgehead atoms. The minimum Gasteiger partial charge on any atom is -0.481 e. The summed E-state index contributed by atoms with van der Waals surface area (Å²) in [5.74, 6) is -4.81. The molecule has 4 rings (SSSR count). The molecular formula is C25H20F2N2O5. The predicted octanol–water partition coefficient (Wildman–Crippen LogP) is 4.29. The van der Waals surface area contributed by atoms with Crippen molar-refractivity contribution in [1.82, 2.24) is 5.32 Å². The number of ether oxygens (including phenoxy) is 1. The van der Waals surface area contributed by atoms with Crippen LogP contribution < -0.4 is 10.6 Å². The molecule has 0 saturated heterocycles. The number of alkyl carbamates (subject to hydrolysis) is 1. The molecule has 7 nitrogen and oxygen atoms in total. The molecule has 0 aromatic heterocycles. The Morgan fingerprint density at radius 3 is 2.00 bits per heavy atom. The summed E-state index contributed by atoms with van der Waals surface area (Å²) in [5.41, 5.74) is 3.28. The zero-order valence-corrected chi connectivity index (χ0v) is 17.8. The van der Waals surface area contributed by atoms with Crippen LogP contribution >= 0.6 is 0 Å². The first kappa shape index (κ1) is 22.9. The van der Waals surface area contributed by atoms with Crippen LogP contribution in [0.3, 0.4) is 0 Å². The fraction of sp³-hybridized carbons (Fsp3) is 0.160. The smallest absolute Gasteiger partial charge is 0.407 e. The van der Waals surface area contributed by atoms with E-state index in [1.54, 1.807) is 0 Å². The molecule has 0 radical (unpaired) electrons. The lowest BCUT2D eigenvalue weighted by Gasteiger charge is -2.19. The van der Waals surface area contributed by atoms with Gasteiger partial charge in [0.2, 0.25) is 5.91 Å². The number of carbonyl (C=O) groups is 3. The van der Waals surface area contributed by atoms with E-state index in [1.807, 2.05) is 53.8 Å². The van der Waals surface area contributed by atoms with Crippen molar-refractivity contribution in [2.45, 2.75) is 18.4 Å². The summed E-state index contributed by atoms with van der Waals surface area (Å²) in [6.45, 7) is -0.0524. The molecule has 0 fully saturated rings. The number of carboxylic acid groups (broad SMARTS) is 1. The summed E-state index contributed by atoms with van der Waals surface area (Å²) in [5, 5.41) is 13.3. The van der Waals surface area contributed by atoms with E-state index in [1.165, 1.54) is 0 Å². The first-order valence-electron chi connectivity index (χ1n) is 10.4. The number of halogens is 2. The van der Waals surface area contributed by atoms with E-state index in [-0.39, 0.29) is 12.5 Å². The van der Waals surface area contributed by atoms with Gasteiger partial charge in [0.05, 0.1) is 6.42 Å². The molecule has 0 aliphatic heterocycles. The lowest BCUT2D eigenvalue weighted by molar-refractivity contribution is -0.139. The van der Waals surface area contributed by atoms with Crippen LogP contribution in [0, 0.1) is 11.6 Å². The highest BCUT2D eigenvalue weighted by Gasteiger charge is 2.30. The summed E-state index contributed by atoms with van der Waals surface area (Å²) in [6.07, 6.45) is -1.84. The SMILES string of the molecule is O=C(O)CC(NC(=O)OCC1c2ccccc2-c2ccccc21)C(=O)Nc1c(F)cccc1F. The van der Waals surface area contributed by atoms with E-state index >= 15 is 0 Å². The molecule has 3 N–H and O–H groups in total. The molecule has 1 aliphatic rings. The van der Waals surface area contributed by atoms with Gasteiger partial charge in [0.1, 0.15) is 30.0 Å². The lowest BCUT2D eigenvalue weighted by atomic mass is 9.98. The number of benzene rings is 3. The van der Waals surface area contributed by atoms with Crippen molar-refractivity contribution < 1.29 is 33.0 Å². The molecule has 1 unspecified atom stereocenters. The summed E-state index contributed by atoms with van der Waals surface area (Å²) in [6, 6.07) is 16.8. The summed E-state index contributed by atoms with van der Waals surface area (Å²) in [7, 11) is 0. The van der Waals surface area contributed by atoms with Gasteiger partial charge in [-0.25, -0.2) is 13.6 Å². The van der Waals surface area contributed by atoms with E-state index in [4.69, 9.17) is 9.84 Å². The number of aliphatic carboxylic acids is 1. The number of nitrogens with one attached hydrogen (secondary N) is 2. The number of hydrogen-bond acceptors (Lipinski definition) is 4. The molecule has 0 heterocycles. The molecule has 0 spiro atoms. The minimum absolute atomic E-state index is 0.0524. The number of rotatable bonds is 7. The molecule has 2 amide bonds. The van der Waals surface area contributed by atoms with Crippen LogP contribution in [0.25, 0.3) is 11.1 Å². The van der Waals surface area contributed by atoms with Crippen molar-refractivity contribution in [3.05, 3.63) is 89.5 Å². The Balaban J connectivity index is 1.45. The van der Waals surface area contributed by atoms with Crippen molar-refractivity contribution >= 4 is 23.7 Å². The second kappa shape index (κ2) is 9.70. The Bertz CT molecular complexity index is 1200. The Hall–Kier alpha value is -4.27. The number of carbonyl (C=O) groups excluding carboxylic acids is 2. The number of hydrogen-bond donors (Lipinski definition) is 3. The van der Waals surface area contributed by atoms with Crippen LogP contribution in [-0.4, -0.2) is 35.7 Å². The van der Waals surface area contributed by atoms with Crippen molar-refractivity contribution in [2.75, 3.05) is 11.9 Å². The number of anilines is 1. The van der Waals surface area contributed by atoms with Gasteiger partial charge in [0.25, 0.3) is 0 Å². The van der Waals surface area contributed by atoms with Crippen molar-refractivity contribution in [3.63, 3.8) is 0 Å². The second-order valence-electron chi connectivity index (χ2n) is 7.71. The lowest BCUT2D eigenvalue weighted by Crippen LogP contribution is -2.45. The number of carboxylic acids is 1. The molecule has 1 aliphatic carbocycles. The average molecular weight is 466 g/mol. The summed E-state index contributed by atoms with van der Waals surface area (Å²) < 4.78 is 33.0. The van der Waals surface area contributed by atoms with Gasteiger partial charge in [-0.15, -0.1) is 0 Å². The monoisotopic (exact) mass is 466 g/mol. The van der Waals surface area contributed by atoms with Gasteiger partial charge in [-0.2, -0.15) is 0 Å². The van der Waals surface area contributed by atoms with Crippen molar-refractivity contribution in [2.24, 2.45) is 0 Å². The van der Waals surface area contributed by atoms with E-state index in [0.29, 0.717) is 0 Å². The van der Waals surface area contributed by atoms with Gasteiger partial charge < -0.3 is 20.5 Å². The zero-order chi connectivity index (χ0) is 24.2. The molecule has 34 heavy (non-hydrogen) atoms. The quantitative estimate of drug-likeness (QED) is 0.482. The Morgan fingerprint density at radius 2 is 1.44 bits per heavy atom. The van der Waals surface area contributed by atoms with Crippen LogP contribution in [-0.2, 0) is 14.3 Å². The van der Waals surface area contributed by atoms with Gasteiger partial charge in [-0.05, 0) is 34.4 Å². The number of para-hydroxylation sites is 1. The van der Waals surface area contributed by atoms with Crippen LogP contribution in [0.4, 0.5) is 19.3 Å². The van der Waals surface area contributed by atoms with E-state index in [9.17, 15) is 23.2 Å². The van der Waals surface area contributed by atoms with Gasteiger partial charge in [-0.1, -0.05) is 54.6 Å². The summed E-state index contributed by atoms with van der Waals surface area (Å²) >= 11 is 0. The maximum atomic E-state index is 13.9. The molecule has 9 heteroatoms. The second-order valence-corrected chi connectivity index (χ2v) is 7.71. The molecule has 3 aromatic rings. The number of amides is 2. The largest absolute Gasteiger partial charge is 0.481 e. The molecule has 0 saturated carbocycles. The Kier molecular flexibility index (Phi) is 6.53. The van der Waals surface area contributed by atoms with Crippen molar-refractivity contribution in [3.8, 4) is 11.1 Å². The first-order chi connectivity index (χ1) is 16.3. The standard InChI is InChI=1S/C25H20F2N2O5/c26-19-10-5-11-20(27)23(19)29-24(32)21(12-22(30)31)28-25(33)34-13-18-16-8-3-1-6-14(16)15-7-2-4-9-17(15)18/h1-11,18,21H,12-13H2,(H,28,33)(H,29,32)(H,30,31). The maximum absolute atomic E-state index is 13.9. The van der Waals surface area contributed by atoms with E-state index in [2.05, 4.69) is 5.32 Å². The van der Waals surface area contributed by atoms with Crippen molar-refractivity contribution in [1.29, 1.82) is 0 Å². The first-order valence-corrected chi connectivity index (χ1v) is 10.4. The highest BCUT2D eigenvalue weighted by molar-refractivity contribution is 5.98. The van der Waals surface area contributed by atoms with Crippen LogP contribution in [0.1, 0.15) is 23.5 Å². The topological polar surface area (TPSA) is 105 Å². The fourth-order valence-corrected chi connectivity index (χ4v) is 3.99. The third-order valence-electron chi connectivity index (χ3n) is 5.54. The Morgan fingerprint density at radius 1 is 0.882 bits per heavy atom. The van der Waals surface area contributed by atoms with E-state index < -0.39 is 47.8 Å². The fourth-order valence-electron chi connectivity index (χ4n) is 3.99. The maximum Gasteiger partial charge on any atom is 0.407 e. The molecule has 174 valence electrons. The van der Waals surface area contributed by atoms with Gasteiger partial charge in [0, 0.05) is 5.92 Å². The average Bonchev–Trinajstić information content (AvgIpc) is 3.13. The predicted molar refractivity (Wildman–Crippen MR) is 119 cm³/mol. The third-order valence-corrected chi connectivity index (χ3v) is 5.54. The van der Waals surface area contributed by atoms with Gasteiger partial charge in [0.15, 0.2) is 0 Å². The Labute approximate surface area is 193 Å². The van der Waals surface area contributed by atoms with Gasteiger partial charge in [-0.3, -0.25) is 9.59 Å². The van der Waals surface area contributed by atoms with Crippen LogP contribution in [0.5, 0.6) is 0 Å². The van der Waals surface area contributed by atoms with Crippen LogP contribution in [0.2, 0.25) is 0 Å². The van der Waals surface area contributed by atoms with E-state index in [0.717, 1.165) is 40.5 Å². The molecule has 3 aromatic carbocycles. The summed E-state index contributed by atoms with van der Waals surface area (Å²) in [4.78, 5) is 36.2. The molecule has 1 atom stereocenters. The van der Waals surface area contributed by atoms with Crippen LogP contribution in [0.15, 0.2) is 66.7 Å². The highest BCUT2D eigenvalue weighted by Crippen LogP contribution is 2.44. The minimum atomic E-state index is -1.62. The third kappa shape index (κ3) is 4.73. The normalized spacial score (nSPS) is 12.9. The zero-order valence-electron chi connectivity index (χ0n) is 17.8. The molecular weight excluding hydrogens is 446 g/mol.